The number of nitrogens with two attached hydrogens (primary N) is 1. The molecule has 7 rings (SSSR count). The summed E-state index contributed by atoms with van der Waals surface area (Å²) in [5.74, 6) is 0.0347. The number of hydrogen-bond donors (Lipinski definition) is 2. The number of hydrogen-bond acceptors (Lipinski definition) is 6. The van der Waals surface area contributed by atoms with Crippen molar-refractivity contribution in [1.29, 1.82) is 0 Å². The van der Waals surface area contributed by atoms with Crippen LogP contribution < -0.4 is 11.3 Å². The molecule has 0 spiro atoms. The largest absolute Gasteiger partial charge is 0.327 e. The van der Waals surface area contributed by atoms with E-state index in [1.54, 1.807) is 30.6 Å². The van der Waals surface area contributed by atoms with E-state index >= 15 is 0 Å². The third-order valence-corrected chi connectivity index (χ3v) is 9.61. The summed E-state index contributed by atoms with van der Waals surface area (Å²) in [6, 6.07) is 18.8. The number of nitrogens with zero attached hydrogens (tertiary/aromatic N) is 4. The molecule has 8 nitrogen and oxygen atoms in total. The number of aromatic amines is 1. The topological polar surface area (TPSA) is 118 Å². The molecule has 3 heterocycles. The molecule has 5 aromatic rings. The highest BCUT2D eigenvalue weighted by Crippen LogP contribution is 2.52. The number of H-pyrrole nitrogens is 1. The summed E-state index contributed by atoms with van der Waals surface area (Å²) in [7, 11) is 0. The lowest BCUT2D eigenvalue weighted by Crippen LogP contribution is -2.43. The number of aryl methyl sites for hydroxylation is 1. The predicted octanol–water partition coefficient (Wildman–Crippen LogP) is 6.28. The van der Waals surface area contributed by atoms with Gasteiger partial charge >= 0.3 is 0 Å². The minimum absolute atomic E-state index is 0.0347. The van der Waals surface area contributed by atoms with Gasteiger partial charge in [0.1, 0.15) is 0 Å². The fourth-order valence-electron chi connectivity index (χ4n) is 6.52. The molecule has 1 unspecified atom stereocenters. The molecule has 2 aromatic carbocycles. The normalized spacial score (nSPS) is 16.8. The number of carbonyl (C=O) groups is 1. The number of nitrogens with one attached hydrogen (secondary N) is 1. The fraction of sp³-hybridized carbons (Fsp3) is 0.265. The van der Waals surface area contributed by atoms with Gasteiger partial charge in [-0.2, -0.15) is 5.10 Å². The van der Waals surface area contributed by atoms with E-state index in [1.807, 2.05) is 41.3 Å². The van der Waals surface area contributed by atoms with E-state index < -0.39 is 5.41 Å². The summed E-state index contributed by atoms with van der Waals surface area (Å²) in [6.07, 6.45) is 7.69. The van der Waals surface area contributed by atoms with Gasteiger partial charge in [-0.1, -0.05) is 47.5 Å². The van der Waals surface area contributed by atoms with E-state index in [1.165, 1.54) is 5.56 Å². The molecular weight excluding hydrogens is 595 g/mol. The Morgan fingerprint density at radius 1 is 1.02 bits per heavy atom. The van der Waals surface area contributed by atoms with Gasteiger partial charge in [0.2, 0.25) is 5.91 Å². The highest BCUT2D eigenvalue weighted by Gasteiger charge is 2.54. The first-order valence-electron chi connectivity index (χ1n) is 14.8. The lowest BCUT2D eigenvalue weighted by molar-refractivity contribution is -0.137. The SMILES string of the molecule is NCc1n[nH]c(=O)c2ccc(C3(C(=O)N(Cc4ccc(-c5c(Cl)cccc5Cl)cn4)C4CCCc5cccnc54)CC3)cc12. The van der Waals surface area contributed by atoms with Crippen LogP contribution in [0, 0.1) is 0 Å². The molecule has 1 atom stereocenters. The van der Waals surface area contributed by atoms with Gasteiger partial charge in [0, 0.05) is 45.5 Å². The maximum absolute atomic E-state index is 14.8. The molecule has 44 heavy (non-hydrogen) atoms. The number of carbonyl (C=O) groups excluding carboxylic acids is 1. The van der Waals surface area contributed by atoms with Gasteiger partial charge in [-0.15, -0.1) is 0 Å². The third kappa shape index (κ3) is 4.97. The summed E-state index contributed by atoms with van der Waals surface area (Å²) in [5, 5.41) is 8.96. The Morgan fingerprint density at radius 2 is 1.84 bits per heavy atom. The van der Waals surface area contributed by atoms with Crippen LogP contribution in [0.25, 0.3) is 21.9 Å². The van der Waals surface area contributed by atoms with Crippen molar-refractivity contribution in [3.8, 4) is 11.1 Å². The van der Waals surface area contributed by atoms with Crippen molar-refractivity contribution in [2.45, 2.75) is 56.7 Å². The molecule has 2 aliphatic rings. The molecule has 0 radical (unpaired) electrons. The Kier molecular flexibility index (Phi) is 7.44. The lowest BCUT2D eigenvalue weighted by Gasteiger charge is -2.37. The van der Waals surface area contributed by atoms with Gasteiger partial charge in [-0.25, -0.2) is 5.10 Å². The van der Waals surface area contributed by atoms with Crippen LogP contribution in [0.5, 0.6) is 0 Å². The van der Waals surface area contributed by atoms with Crippen molar-refractivity contribution in [3.63, 3.8) is 0 Å². The first-order chi connectivity index (χ1) is 21.4. The van der Waals surface area contributed by atoms with Crippen molar-refractivity contribution >= 4 is 39.9 Å². The Bertz CT molecular complexity index is 1930. The average molecular weight is 626 g/mol. The summed E-state index contributed by atoms with van der Waals surface area (Å²) in [4.78, 5) is 38.8. The zero-order valence-corrected chi connectivity index (χ0v) is 25.4. The second-order valence-electron chi connectivity index (χ2n) is 11.6. The van der Waals surface area contributed by atoms with Crippen LogP contribution >= 0.6 is 23.2 Å². The van der Waals surface area contributed by atoms with Crippen LogP contribution in [-0.4, -0.2) is 31.0 Å². The van der Waals surface area contributed by atoms with Gasteiger partial charge < -0.3 is 10.6 Å². The highest BCUT2D eigenvalue weighted by molar-refractivity contribution is 6.39. The number of benzene rings is 2. The van der Waals surface area contributed by atoms with Crippen LogP contribution in [0.1, 0.15) is 59.9 Å². The van der Waals surface area contributed by atoms with Crippen LogP contribution in [0.2, 0.25) is 10.0 Å². The molecule has 1 fully saturated rings. The van der Waals surface area contributed by atoms with E-state index in [-0.39, 0.29) is 24.1 Å². The maximum Gasteiger partial charge on any atom is 0.272 e. The van der Waals surface area contributed by atoms with E-state index in [0.717, 1.165) is 47.3 Å². The zero-order chi connectivity index (χ0) is 30.4. The first kappa shape index (κ1) is 28.6. The summed E-state index contributed by atoms with van der Waals surface area (Å²) >= 11 is 12.9. The molecule has 0 saturated heterocycles. The van der Waals surface area contributed by atoms with Crippen molar-refractivity contribution in [2.24, 2.45) is 5.73 Å². The number of pyridine rings is 2. The van der Waals surface area contributed by atoms with E-state index in [9.17, 15) is 9.59 Å². The van der Waals surface area contributed by atoms with Gasteiger partial charge in [0.25, 0.3) is 5.56 Å². The van der Waals surface area contributed by atoms with E-state index in [4.69, 9.17) is 38.9 Å². The minimum Gasteiger partial charge on any atom is -0.327 e. The number of halogens is 2. The maximum atomic E-state index is 14.8. The zero-order valence-electron chi connectivity index (χ0n) is 23.9. The summed E-state index contributed by atoms with van der Waals surface area (Å²) in [5.41, 5.74) is 10.8. The van der Waals surface area contributed by atoms with Gasteiger partial charge in [-0.3, -0.25) is 19.6 Å². The van der Waals surface area contributed by atoms with Crippen LogP contribution in [0.3, 0.4) is 0 Å². The molecule has 3 aromatic heterocycles. The van der Waals surface area contributed by atoms with E-state index in [2.05, 4.69) is 16.3 Å². The molecular formula is C34H30Cl2N6O2. The quantitative estimate of drug-likeness (QED) is 0.220. The average Bonchev–Trinajstić information content (AvgIpc) is 3.86. The number of amides is 1. The number of aromatic nitrogens is 4. The Labute approximate surface area is 264 Å². The van der Waals surface area contributed by atoms with Gasteiger partial charge in [0.05, 0.1) is 40.5 Å². The molecule has 1 amide bonds. The van der Waals surface area contributed by atoms with E-state index in [0.29, 0.717) is 45.9 Å². The second-order valence-corrected chi connectivity index (χ2v) is 12.4. The van der Waals surface area contributed by atoms with Crippen LogP contribution in [0.4, 0.5) is 0 Å². The second kappa shape index (κ2) is 11.4. The predicted molar refractivity (Wildman–Crippen MR) is 171 cm³/mol. The first-order valence-corrected chi connectivity index (χ1v) is 15.5. The van der Waals surface area contributed by atoms with Gasteiger partial charge in [-0.05, 0) is 79.6 Å². The van der Waals surface area contributed by atoms with Crippen molar-refractivity contribution < 1.29 is 4.79 Å². The monoisotopic (exact) mass is 624 g/mol. The fourth-order valence-corrected chi connectivity index (χ4v) is 7.14. The van der Waals surface area contributed by atoms with Crippen LogP contribution in [0.15, 0.2) is 77.9 Å². The summed E-state index contributed by atoms with van der Waals surface area (Å²) < 4.78 is 0. The van der Waals surface area contributed by atoms with Crippen molar-refractivity contribution in [3.05, 3.63) is 122 Å². The molecule has 0 bridgehead atoms. The van der Waals surface area contributed by atoms with Gasteiger partial charge in [0.15, 0.2) is 0 Å². The minimum atomic E-state index is -0.708. The molecule has 1 saturated carbocycles. The van der Waals surface area contributed by atoms with Crippen molar-refractivity contribution in [1.82, 2.24) is 25.1 Å². The molecule has 10 heteroatoms. The Morgan fingerprint density at radius 3 is 2.57 bits per heavy atom. The smallest absolute Gasteiger partial charge is 0.272 e. The summed E-state index contributed by atoms with van der Waals surface area (Å²) in [6.45, 7) is 0.496. The standard InChI is InChI=1S/C34H30Cl2N6O2/c35-26-6-2-7-27(36)30(26)21-9-11-23(39-18-21)19-42(29-8-1-4-20-5-3-15-38-31(20)29)33(44)34(13-14-34)22-10-12-24-25(16-22)28(17-37)40-41-32(24)43/h2-3,5-7,9-12,15-16,18,29H,1,4,8,13-14,17,19,37H2,(H,41,43). The molecule has 222 valence electrons. The third-order valence-electron chi connectivity index (χ3n) is 8.98. The van der Waals surface area contributed by atoms with Crippen LogP contribution in [-0.2, 0) is 29.7 Å². The molecule has 3 N–H and O–H groups in total. The molecule has 0 aliphatic heterocycles. The Hall–Kier alpha value is -4.11. The lowest BCUT2D eigenvalue weighted by atomic mass is 9.87. The number of rotatable bonds is 7. The molecule has 2 aliphatic carbocycles. The van der Waals surface area contributed by atoms with Crippen molar-refractivity contribution in [2.75, 3.05) is 0 Å². The highest BCUT2D eigenvalue weighted by atomic mass is 35.5. The Balaban J connectivity index is 1.28. The number of fused-ring (bicyclic) bond motifs is 2.